The van der Waals surface area contributed by atoms with E-state index in [1.165, 1.54) is 4.31 Å². The molecule has 1 fully saturated rings. The highest BCUT2D eigenvalue weighted by molar-refractivity contribution is 7.89. The fourth-order valence-corrected chi connectivity index (χ4v) is 4.59. The van der Waals surface area contributed by atoms with Gasteiger partial charge in [-0.05, 0) is 25.2 Å². The summed E-state index contributed by atoms with van der Waals surface area (Å²) < 4.78 is 32.3. The standard InChI is InChI=1S/C17H25N5O3S.ClH/c1-4-22(5-2)26(23,24)14-8-6-7-13(11-14)17-19-16(20-25-17)15-12-18-9-10-21(15)3;/h6-8,11,15,18H,4-5,9-10,12H2,1-3H3;1H. The molecule has 0 radical (unpaired) electrons. The van der Waals surface area contributed by atoms with Crippen molar-refractivity contribution in [2.45, 2.75) is 24.8 Å². The Bertz CT molecular complexity index is 854. The van der Waals surface area contributed by atoms with E-state index in [1.54, 1.807) is 24.3 Å². The lowest BCUT2D eigenvalue weighted by atomic mass is 10.2. The molecule has 1 N–H and O–H groups in total. The molecule has 0 bridgehead atoms. The van der Waals surface area contributed by atoms with Gasteiger partial charge in [-0.1, -0.05) is 25.1 Å². The molecule has 0 saturated carbocycles. The Balaban J connectivity index is 0.00000261. The summed E-state index contributed by atoms with van der Waals surface area (Å²) in [6, 6.07) is 6.70. The maximum atomic E-state index is 12.7. The van der Waals surface area contributed by atoms with Crippen LogP contribution in [0.1, 0.15) is 25.7 Å². The number of halogens is 1. The van der Waals surface area contributed by atoms with E-state index in [0.717, 1.165) is 19.6 Å². The summed E-state index contributed by atoms with van der Waals surface area (Å²) in [5.41, 5.74) is 0.600. The van der Waals surface area contributed by atoms with E-state index in [9.17, 15) is 8.42 Å². The summed E-state index contributed by atoms with van der Waals surface area (Å²) in [7, 11) is -1.50. The Labute approximate surface area is 166 Å². The molecule has 150 valence electrons. The van der Waals surface area contributed by atoms with Gasteiger partial charge in [0.2, 0.25) is 10.0 Å². The normalized spacial score (nSPS) is 18.4. The van der Waals surface area contributed by atoms with Crippen molar-refractivity contribution >= 4 is 22.4 Å². The van der Waals surface area contributed by atoms with Gasteiger partial charge >= 0.3 is 0 Å². The second kappa shape index (κ2) is 9.11. The van der Waals surface area contributed by atoms with Crippen molar-refractivity contribution in [3.63, 3.8) is 0 Å². The van der Waals surface area contributed by atoms with Crippen LogP contribution in [0.2, 0.25) is 0 Å². The molecule has 1 aromatic carbocycles. The molecule has 2 heterocycles. The largest absolute Gasteiger partial charge is 0.334 e. The Morgan fingerprint density at radius 3 is 2.74 bits per heavy atom. The highest BCUT2D eigenvalue weighted by Gasteiger charge is 2.26. The van der Waals surface area contributed by atoms with Gasteiger partial charge in [0.15, 0.2) is 5.82 Å². The molecule has 0 aliphatic carbocycles. The molecular weight excluding hydrogens is 390 g/mol. The van der Waals surface area contributed by atoms with E-state index in [-0.39, 0.29) is 23.3 Å². The number of nitrogens with one attached hydrogen (secondary N) is 1. The van der Waals surface area contributed by atoms with Crippen molar-refractivity contribution in [2.75, 3.05) is 39.8 Å². The molecule has 1 aliphatic heterocycles. The number of piperazine rings is 1. The maximum absolute atomic E-state index is 12.7. The van der Waals surface area contributed by atoms with Crippen LogP contribution in [0, 0.1) is 0 Å². The predicted molar refractivity (Wildman–Crippen MR) is 105 cm³/mol. The SMILES string of the molecule is CCN(CC)S(=O)(=O)c1cccc(-c2nc(C3CNCCN3C)no2)c1.Cl. The number of aromatic nitrogens is 2. The van der Waals surface area contributed by atoms with Crippen LogP contribution in [0.3, 0.4) is 0 Å². The first kappa shape index (κ1) is 21.8. The molecule has 3 rings (SSSR count). The first-order valence-electron chi connectivity index (χ1n) is 8.82. The fourth-order valence-electron chi connectivity index (χ4n) is 3.08. The average molecular weight is 416 g/mol. The van der Waals surface area contributed by atoms with E-state index in [0.29, 0.717) is 30.4 Å². The molecule has 1 aromatic heterocycles. The minimum Gasteiger partial charge on any atom is -0.334 e. The van der Waals surface area contributed by atoms with Crippen LogP contribution < -0.4 is 5.32 Å². The van der Waals surface area contributed by atoms with E-state index in [1.807, 2.05) is 20.9 Å². The van der Waals surface area contributed by atoms with E-state index in [4.69, 9.17) is 4.52 Å². The molecule has 10 heteroatoms. The van der Waals surface area contributed by atoms with Gasteiger partial charge < -0.3 is 9.84 Å². The zero-order chi connectivity index (χ0) is 18.7. The van der Waals surface area contributed by atoms with Gasteiger partial charge in [0.25, 0.3) is 5.89 Å². The molecule has 1 saturated heterocycles. The third kappa shape index (κ3) is 4.49. The molecule has 0 spiro atoms. The van der Waals surface area contributed by atoms with Crippen LogP contribution in [0.5, 0.6) is 0 Å². The van der Waals surface area contributed by atoms with Gasteiger partial charge in [0, 0.05) is 38.3 Å². The van der Waals surface area contributed by atoms with E-state index in [2.05, 4.69) is 20.4 Å². The Morgan fingerprint density at radius 1 is 1.33 bits per heavy atom. The van der Waals surface area contributed by atoms with Crippen molar-refractivity contribution in [2.24, 2.45) is 0 Å². The first-order valence-corrected chi connectivity index (χ1v) is 10.3. The third-order valence-electron chi connectivity index (χ3n) is 4.67. The highest BCUT2D eigenvalue weighted by Crippen LogP contribution is 2.25. The second-order valence-electron chi connectivity index (χ2n) is 6.28. The smallest absolute Gasteiger partial charge is 0.258 e. The zero-order valence-electron chi connectivity index (χ0n) is 15.8. The van der Waals surface area contributed by atoms with Crippen molar-refractivity contribution in [1.82, 2.24) is 24.7 Å². The predicted octanol–water partition coefficient (Wildman–Crippen LogP) is 1.77. The Morgan fingerprint density at radius 2 is 2.07 bits per heavy atom. The van der Waals surface area contributed by atoms with Gasteiger partial charge in [-0.3, -0.25) is 4.90 Å². The minimum atomic E-state index is -3.53. The molecule has 0 amide bonds. The molecule has 1 atom stereocenters. The second-order valence-corrected chi connectivity index (χ2v) is 8.21. The molecule has 1 aliphatic rings. The van der Waals surface area contributed by atoms with Gasteiger partial charge in [-0.25, -0.2) is 8.42 Å². The Hall–Kier alpha value is -1.52. The zero-order valence-corrected chi connectivity index (χ0v) is 17.4. The van der Waals surface area contributed by atoms with Gasteiger partial charge in [-0.15, -0.1) is 12.4 Å². The summed E-state index contributed by atoms with van der Waals surface area (Å²) in [4.78, 5) is 6.90. The van der Waals surface area contributed by atoms with E-state index >= 15 is 0 Å². The number of hydrogen-bond acceptors (Lipinski definition) is 7. The molecule has 27 heavy (non-hydrogen) atoms. The summed E-state index contributed by atoms with van der Waals surface area (Å²) in [5.74, 6) is 0.933. The van der Waals surface area contributed by atoms with Gasteiger partial charge in [0.05, 0.1) is 10.9 Å². The number of benzene rings is 1. The quantitative estimate of drug-likeness (QED) is 0.768. The lowest BCUT2D eigenvalue weighted by Crippen LogP contribution is -2.44. The number of rotatable bonds is 6. The minimum absolute atomic E-state index is 0. The van der Waals surface area contributed by atoms with Gasteiger partial charge in [-0.2, -0.15) is 9.29 Å². The fraction of sp³-hybridized carbons (Fsp3) is 0.529. The van der Waals surface area contributed by atoms with Crippen molar-refractivity contribution < 1.29 is 12.9 Å². The van der Waals surface area contributed by atoms with Crippen LogP contribution in [0.25, 0.3) is 11.5 Å². The summed E-state index contributed by atoms with van der Waals surface area (Å²) in [6.07, 6.45) is 0. The topological polar surface area (TPSA) is 91.6 Å². The maximum Gasteiger partial charge on any atom is 0.258 e. The molecular formula is C17H26ClN5O3S. The summed E-state index contributed by atoms with van der Waals surface area (Å²) >= 11 is 0. The van der Waals surface area contributed by atoms with Crippen LogP contribution in [-0.2, 0) is 10.0 Å². The third-order valence-corrected chi connectivity index (χ3v) is 6.72. The summed E-state index contributed by atoms with van der Waals surface area (Å²) in [6.45, 7) is 7.10. The monoisotopic (exact) mass is 415 g/mol. The molecule has 8 nitrogen and oxygen atoms in total. The number of hydrogen-bond donors (Lipinski definition) is 1. The van der Waals surface area contributed by atoms with E-state index < -0.39 is 10.0 Å². The van der Waals surface area contributed by atoms with Crippen molar-refractivity contribution in [3.8, 4) is 11.5 Å². The lowest BCUT2D eigenvalue weighted by Gasteiger charge is -2.30. The van der Waals surface area contributed by atoms with Crippen LogP contribution in [0.15, 0.2) is 33.7 Å². The van der Waals surface area contributed by atoms with Crippen molar-refractivity contribution in [3.05, 3.63) is 30.1 Å². The number of sulfonamides is 1. The van der Waals surface area contributed by atoms with Crippen LogP contribution in [-0.4, -0.2) is 67.5 Å². The molecule has 2 aromatic rings. The lowest BCUT2D eigenvalue weighted by molar-refractivity contribution is 0.190. The number of likely N-dealkylation sites (N-methyl/N-ethyl adjacent to an activating group) is 1. The van der Waals surface area contributed by atoms with Gasteiger partial charge in [0.1, 0.15) is 0 Å². The molecule has 1 unspecified atom stereocenters. The Kier molecular flexibility index (Phi) is 7.35. The van der Waals surface area contributed by atoms with Crippen LogP contribution >= 0.6 is 12.4 Å². The summed E-state index contributed by atoms with van der Waals surface area (Å²) in [5, 5.41) is 7.42. The highest BCUT2D eigenvalue weighted by atomic mass is 35.5. The average Bonchev–Trinajstić information content (AvgIpc) is 3.13. The first-order chi connectivity index (χ1) is 12.5. The van der Waals surface area contributed by atoms with Crippen molar-refractivity contribution in [1.29, 1.82) is 0 Å². The van der Waals surface area contributed by atoms with Crippen LogP contribution in [0.4, 0.5) is 0 Å². The number of nitrogens with zero attached hydrogens (tertiary/aromatic N) is 4.